The molecule has 0 amide bonds. The smallest absolute Gasteiger partial charge is 0.243 e. The third-order valence-electron chi connectivity index (χ3n) is 3.76. The van der Waals surface area contributed by atoms with Crippen LogP contribution in [0.4, 0.5) is 0 Å². The van der Waals surface area contributed by atoms with Gasteiger partial charge in [-0.25, -0.2) is 8.42 Å². The van der Waals surface area contributed by atoms with Crippen LogP contribution in [0.25, 0.3) is 0 Å². The molecule has 128 valence electrons. The Bertz CT molecular complexity index is 825. The normalized spacial score (nSPS) is 17.0. The minimum absolute atomic E-state index is 0.175. The zero-order valence-electron chi connectivity index (χ0n) is 13.2. The van der Waals surface area contributed by atoms with E-state index in [1.165, 1.54) is 16.4 Å². The number of halogens is 1. The number of para-hydroxylation sites is 2. The zero-order valence-corrected chi connectivity index (χ0v) is 14.8. The standard InChI is InChI=1S/C17H18ClNO4S/c1-2-19(24(20,21)15-7-5-6-13(18)10-15)11-14-12-22-16-8-3-4-9-17(16)23-14/h3-10,14H,2,11-12H2,1H3. The molecule has 2 aromatic rings. The summed E-state index contributed by atoms with van der Waals surface area (Å²) in [6.45, 7) is 2.63. The second-order valence-corrected chi connectivity index (χ2v) is 7.79. The van der Waals surface area contributed by atoms with E-state index in [9.17, 15) is 8.42 Å². The van der Waals surface area contributed by atoms with Gasteiger partial charge >= 0.3 is 0 Å². The summed E-state index contributed by atoms with van der Waals surface area (Å²) in [5.41, 5.74) is 0. The molecule has 0 spiro atoms. The lowest BCUT2D eigenvalue weighted by Gasteiger charge is -2.30. The molecule has 24 heavy (non-hydrogen) atoms. The fourth-order valence-corrected chi connectivity index (χ4v) is 4.34. The lowest BCUT2D eigenvalue weighted by molar-refractivity contribution is 0.0771. The Morgan fingerprint density at radius 1 is 1.17 bits per heavy atom. The third-order valence-corrected chi connectivity index (χ3v) is 5.93. The number of rotatable bonds is 5. The van der Waals surface area contributed by atoms with Crippen molar-refractivity contribution >= 4 is 21.6 Å². The summed E-state index contributed by atoms with van der Waals surface area (Å²) in [6.07, 6.45) is -0.367. The van der Waals surface area contributed by atoms with E-state index in [1.807, 2.05) is 24.3 Å². The van der Waals surface area contributed by atoms with Gasteiger partial charge in [-0.05, 0) is 30.3 Å². The molecular formula is C17H18ClNO4S. The largest absolute Gasteiger partial charge is 0.486 e. The van der Waals surface area contributed by atoms with Crippen LogP contribution in [0.3, 0.4) is 0 Å². The second-order valence-electron chi connectivity index (χ2n) is 5.41. The van der Waals surface area contributed by atoms with Gasteiger partial charge in [0.2, 0.25) is 10.0 Å². The number of benzene rings is 2. The van der Waals surface area contributed by atoms with E-state index in [2.05, 4.69) is 0 Å². The molecule has 0 aliphatic carbocycles. The van der Waals surface area contributed by atoms with Gasteiger partial charge in [-0.3, -0.25) is 0 Å². The summed E-state index contributed by atoms with van der Waals surface area (Å²) in [7, 11) is -3.64. The van der Waals surface area contributed by atoms with Crippen molar-refractivity contribution in [3.63, 3.8) is 0 Å². The molecule has 0 N–H and O–H groups in total. The number of hydrogen-bond acceptors (Lipinski definition) is 4. The fraction of sp³-hybridized carbons (Fsp3) is 0.294. The minimum Gasteiger partial charge on any atom is -0.486 e. The van der Waals surface area contributed by atoms with Crippen LogP contribution in [0.1, 0.15) is 6.92 Å². The maximum atomic E-state index is 12.8. The Morgan fingerprint density at radius 3 is 2.62 bits per heavy atom. The quantitative estimate of drug-likeness (QED) is 0.814. The van der Waals surface area contributed by atoms with Gasteiger partial charge < -0.3 is 9.47 Å². The average Bonchev–Trinajstić information content (AvgIpc) is 2.59. The number of sulfonamides is 1. The van der Waals surface area contributed by atoms with Crippen LogP contribution in [0.15, 0.2) is 53.4 Å². The highest BCUT2D eigenvalue weighted by molar-refractivity contribution is 7.89. The van der Waals surface area contributed by atoms with Gasteiger partial charge in [0.1, 0.15) is 12.7 Å². The molecule has 5 nitrogen and oxygen atoms in total. The summed E-state index contributed by atoms with van der Waals surface area (Å²) >= 11 is 5.92. The number of nitrogens with zero attached hydrogens (tertiary/aromatic N) is 1. The topological polar surface area (TPSA) is 55.8 Å². The zero-order chi connectivity index (χ0) is 17.2. The van der Waals surface area contributed by atoms with Crippen molar-refractivity contribution in [2.24, 2.45) is 0 Å². The van der Waals surface area contributed by atoms with E-state index >= 15 is 0 Å². The lowest BCUT2D eigenvalue weighted by Crippen LogP contribution is -2.43. The Labute approximate surface area is 146 Å². The van der Waals surface area contributed by atoms with Crippen molar-refractivity contribution in [1.82, 2.24) is 4.31 Å². The Morgan fingerprint density at radius 2 is 1.92 bits per heavy atom. The molecule has 0 aromatic heterocycles. The molecule has 0 fully saturated rings. The number of likely N-dealkylation sites (N-methyl/N-ethyl adjacent to an activating group) is 1. The summed E-state index contributed by atoms with van der Waals surface area (Å²) in [4.78, 5) is 0.175. The average molecular weight is 368 g/mol. The second kappa shape index (κ2) is 7.01. The number of ether oxygens (including phenoxy) is 2. The molecule has 1 heterocycles. The molecule has 1 aliphatic rings. The Balaban J connectivity index is 1.78. The van der Waals surface area contributed by atoms with E-state index in [-0.39, 0.29) is 17.5 Å². The molecule has 0 saturated heterocycles. The first kappa shape index (κ1) is 17.1. The van der Waals surface area contributed by atoms with Crippen LogP contribution in [0.5, 0.6) is 11.5 Å². The van der Waals surface area contributed by atoms with Gasteiger partial charge in [-0.1, -0.05) is 36.7 Å². The first-order valence-electron chi connectivity index (χ1n) is 7.65. The SMILES string of the molecule is CCN(CC1COc2ccccc2O1)S(=O)(=O)c1cccc(Cl)c1. The van der Waals surface area contributed by atoms with Crippen LogP contribution in [-0.2, 0) is 10.0 Å². The predicted octanol–water partition coefficient (Wildman–Crippen LogP) is 3.19. The van der Waals surface area contributed by atoms with Crippen molar-refractivity contribution in [1.29, 1.82) is 0 Å². The van der Waals surface area contributed by atoms with Gasteiger partial charge in [0.25, 0.3) is 0 Å². The summed E-state index contributed by atoms with van der Waals surface area (Å²) in [5, 5.41) is 0.387. The molecule has 0 radical (unpaired) electrons. The summed E-state index contributed by atoms with van der Waals surface area (Å²) < 4.78 is 38.5. The molecule has 1 aliphatic heterocycles. The van der Waals surface area contributed by atoms with Gasteiger partial charge in [0, 0.05) is 11.6 Å². The first-order valence-corrected chi connectivity index (χ1v) is 9.46. The monoisotopic (exact) mass is 367 g/mol. The highest BCUT2D eigenvalue weighted by Crippen LogP contribution is 2.31. The van der Waals surface area contributed by atoms with E-state index < -0.39 is 10.0 Å². The third kappa shape index (κ3) is 3.50. The number of hydrogen-bond donors (Lipinski definition) is 0. The van der Waals surface area contributed by atoms with Gasteiger partial charge in [0.05, 0.1) is 11.4 Å². The van der Waals surface area contributed by atoms with E-state index in [4.69, 9.17) is 21.1 Å². The molecule has 3 rings (SSSR count). The van der Waals surface area contributed by atoms with Crippen molar-refractivity contribution in [2.75, 3.05) is 19.7 Å². The Hall–Kier alpha value is -1.76. The van der Waals surface area contributed by atoms with Crippen molar-refractivity contribution < 1.29 is 17.9 Å². The van der Waals surface area contributed by atoms with E-state index in [1.54, 1.807) is 19.1 Å². The molecule has 0 bridgehead atoms. The summed E-state index contributed by atoms with van der Waals surface area (Å²) in [6, 6.07) is 13.6. The van der Waals surface area contributed by atoms with Crippen molar-refractivity contribution in [3.8, 4) is 11.5 Å². The highest BCUT2D eigenvalue weighted by Gasteiger charge is 2.29. The molecular weight excluding hydrogens is 350 g/mol. The van der Waals surface area contributed by atoms with Crippen LogP contribution < -0.4 is 9.47 Å². The van der Waals surface area contributed by atoms with Crippen LogP contribution in [0.2, 0.25) is 5.02 Å². The Kier molecular flexibility index (Phi) is 4.99. The lowest BCUT2D eigenvalue weighted by atomic mass is 10.2. The minimum atomic E-state index is -3.64. The first-order chi connectivity index (χ1) is 11.5. The molecule has 1 atom stereocenters. The maximum Gasteiger partial charge on any atom is 0.243 e. The van der Waals surface area contributed by atoms with Gasteiger partial charge in [-0.15, -0.1) is 0 Å². The van der Waals surface area contributed by atoms with E-state index in [0.29, 0.717) is 29.7 Å². The van der Waals surface area contributed by atoms with Crippen molar-refractivity contribution in [3.05, 3.63) is 53.6 Å². The molecule has 2 aromatic carbocycles. The fourth-order valence-electron chi connectivity index (χ4n) is 2.55. The number of fused-ring (bicyclic) bond motifs is 1. The van der Waals surface area contributed by atoms with E-state index in [0.717, 1.165) is 0 Å². The maximum absolute atomic E-state index is 12.8. The van der Waals surface area contributed by atoms with Gasteiger partial charge in [-0.2, -0.15) is 4.31 Å². The van der Waals surface area contributed by atoms with Gasteiger partial charge in [0.15, 0.2) is 11.5 Å². The highest BCUT2D eigenvalue weighted by atomic mass is 35.5. The molecule has 1 unspecified atom stereocenters. The van der Waals surface area contributed by atoms with Crippen LogP contribution in [0, 0.1) is 0 Å². The van der Waals surface area contributed by atoms with Crippen molar-refractivity contribution in [2.45, 2.75) is 17.9 Å². The molecule has 7 heteroatoms. The molecule has 0 saturated carbocycles. The summed E-state index contributed by atoms with van der Waals surface area (Å²) in [5.74, 6) is 1.31. The van der Waals surface area contributed by atoms with Crippen LogP contribution in [-0.4, -0.2) is 38.5 Å². The van der Waals surface area contributed by atoms with Crippen LogP contribution >= 0.6 is 11.6 Å². The predicted molar refractivity (Wildman–Crippen MR) is 92.2 cm³/mol.